The van der Waals surface area contributed by atoms with Crippen molar-refractivity contribution >= 4 is 46.4 Å². The number of nitrogens with zero attached hydrogens (tertiary/aromatic N) is 1. The molecule has 1 aliphatic carbocycles. The standard InChI is InChI=1S/C33H32Cl2FNO2/c1-39-33(38)26-10-12-28-25(19-26)4-2-5-30(29-13-11-27(34)20-31(29)35)32(28)24-8-6-22(7-9-24)18-23-14-17-37(21-23)16-3-15-36/h6-13,18-20H,2-5,14-17,21H2,1H3/b23-18-. The highest BCUT2D eigenvalue weighted by Crippen LogP contribution is 2.42. The van der Waals surface area contributed by atoms with Gasteiger partial charge in [-0.25, -0.2) is 4.79 Å². The number of halogens is 3. The van der Waals surface area contributed by atoms with Gasteiger partial charge >= 0.3 is 5.97 Å². The minimum Gasteiger partial charge on any atom is -0.465 e. The lowest BCUT2D eigenvalue weighted by molar-refractivity contribution is 0.0600. The topological polar surface area (TPSA) is 29.5 Å². The number of hydrogen-bond donors (Lipinski definition) is 0. The number of aryl methyl sites for hydroxylation is 1. The van der Waals surface area contributed by atoms with Gasteiger partial charge in [0.25, 0.3) is 0 Å². The summed E-state index contributed by atoms with van der Waals surface area (Å²) in [5, 5.41) is 1.24. The largest absolute Gasteiger partial charge is 0.465 e. The lowest BCUT2D eigenvalue weighted by atomic mass is 9.87. The Bertz CT molecular complexity index is 1430. The van der Waals surface area contributed by atoms with Gasteiger partial charge in [-0.15, -0.1) is 0 Å². The van der Waals surface area contributed by atoms with Crippen molar-refractivity contribution in [3.8, 4) is 0 Å². The molecule has 0 aromatic heterocycles. The molecule has 3 aromatic rings. The van der Waals surface area contributed by atoms with E-state index in [1.807, 2.05) is 30.3 Å². The maximum Gasteiger partial charge on any atom is 0.337 e. The lowest BCUT2D eigenvalue weighted by Crippen LogP contribution is -2.20. The first-order chi connectivity index (χ1) is 19.0. The SMILES string of the molecule is COC(=O)c1ccc2c(c1)CCCC(c1ccc(Cl)cc1Cl)=C2c1ccc(/C=C2/CCN(CCCF)C2)cc1. The third-order valence-corrected chi connectivity index (χ3v) is 8.13. The predicted octanol–water partition coefficient (Wildman–Crippen LogP) is 8.52. The van der Waals surface area contributed by atoms with Crippen LogP contribution < -0.4 is 0 Å². The first-order valence-corrected chi connectivity index (χ1v) is 14.2. The van der Waals surface area contributed by atoms with E-state index in [4.69, 9.17) is 27.9 Å². The molecule has 0 atom stereocenters. The number of hydrogen-bond acceptors (Lipinski definition) is 3. The van der Waals surface area contributed by atoms with Crippen LogP contribution in [0.1, 0.15) is 63.9 Å². The Kier molecular flexibility index (Phi) is 8.86. The maximum absolute atomic E-state index is 12.6. The average molecular weight is 565 g/mol. The van der Waals surface area contributed by atoms with Crippen LogP contribution in [0.3, 0.4) is 0 Å². The number of ether oxygens (including phenoxy) is 1. The summed E-state index contributed by atoms with van der Waals surface area (Å²) in [6, 6.07) is 20.2. The van der Waals surface area contributed by atoms with Gasteiger partial charge in [-0.05, 0) is 95.3 Å². The summed E-state index contributed by atoms with van der Waals surface area (Å²) >= 11 is 13.0. The molecule has 3 nitrogen and oxygen atoms in total. The minimum atomic E-state index is -0.332. The van der Waals surface area contributed by atoms with Gasteiger partial charge in [0.05, 0.1) is 19.3 Å². The van der Waals surface area contributed by atoms with Gasteiger partial charge in [0.2, 0.25) is 0 Å². The number of allylic oxidation sites excluding steroid dienone is 1. The highest BCUT2D eigenvalue weighted by molar-refractivity contribution is 6.36. The van der Waals surface area contributed by atoms with Crippen LogP contribution in [0.5, 0.6) is 0 Å². The van der Waals surface area contributed by atoms with E-state index < -0.39 is 0 Å². The molecule has 5 rings (SSSR count). The summed E-state index contributed by atoms with van der Waals surface area (Å²) in [6.45, 7) is 2.45. The van der Waals surface area contributed by atoms with Crippen molar-refractivity contribution in [2.45, 2.75) is 32.1 Å². The third kappa shape index (κ3) is 6.30. The average Bonchev–Trinajstić information content (AvgIpc) is 3.30. The molecule has 1 saturated heterocycles. The zero-order valence-electron chi connectivity index (χ0n) is 22.1. The fraction of sp³-hybridized carbons (Fsp3) is 0.303. The first kappa shape index (κ1) is 27.6. The number of alkyl halides is 1. The fourth-order valence-corrected chi connectivity index (χ4v) is 6.21. The smallest absolute Gasteiger partial charge is 0.337 e. The van der Waals surface area contributed by atoms with Crippen molar-refractivity contribution in [1.29, 1.82) is 0 Å². The molecule has 0 N–H and O–H groups in total. The zero-order chi connectivity index (χ0) is 27.4. The molecule has 2 aliphatic rings. The number of rotatable bonds is 7. The Hall–Kier alpha value is -2.92. The fourth-order valence-electron chi connectivity index (χ4n) is 5.69. The Morgan fingerprint density at radius 1 is 1.00 bits per heavy atom. The summed E-state index contributed by atoms with van der Waals surface area (Å²) in [4.78, 5) is 14.6. The summed E-state index contributed by atoms with van der Waals surface area (Å²) in [7, 11) is 1.41. The molecular weight excluding hydrogens is 532 g/mol. The number of likely N-dealkylation sites (tertiary alicyclic amines) is 1. The van der Waals surface area contributed by atoms with Crippen LogP contribution in [0.15, 0.2) is 66.2 Å². The molecule has 0 unspecified atom stereocenters. The van der Waals surface area contributed by atoms with Crippen LogP contribution in [0.2, 0.25) is 10.0 Å². The molecule has 0 saturated carbocycles. The lowest BCUT2D eigenvalue weighted by Gasteiger charge is -2.18. The van der Waals surface area contributed by atoms with Crippen molar-refractivity contribution in [3.05, 3.63) is 110 Å². The van der Waals surface area contributed by atoms with Crippen molar-refractivity contribution in [3.63, 3.8) is 0 Å². The normalized spacial score (nSPS) is 16.9. The Morgan fingerprint density at radius 2 is 1.79 bits per heavy atom. The second kappa shape index (κ2) is 12.5. The van der Waals surface area contributed by atoms with Crippen molar-refractivity contribution < 1.29 is 13.9 Å². The van der Waals surface area contributed by atoms with E-state index in [9.17, 15) is 9.18 Å². The molecule has 0 bridgehead atoms. The molecule has 39 heavy (non-hydrogen) atoms. The second-order valence-corrected chi connectivity index (χ2v) is 11.0. The minimum absolute atomic E-state index is 0.261. The Balaban J connectivity index is 1.56. The highest BCUT2D eigenvalue weighted by atomic mass is 35.5. The van der Waals surface area contributed by atoms with Crippen LogP contribution in [0.25, 0.3) is 17.2 Å². The van der Waals surface area contributed by atoms with Gasteiger partial charge in [0.15, 0.2) is 0 Å². The van der Waals surface area contributed by atoms with Crippen molar-refractivity contribution in [1.82, 2.24) is 4.90 Å². The number of fused-ring (bicyclic) bond motifs is 1. The first-order valence-electron chi connectivity index (χ1n) is 13.4. The summed E-state index contributed by atoms with van der Waals surface area (Å²) < 4.78 is 17.5. The molecular formula is C33H32Cl2FNO2. The van der Waals surface area contributed by atoms with E-state index in [0.717, 1.165) is 78.7 Å². The molecule has 1 fully saturated rings. The van der Waals surface area contributed by atoms with E-state index in [1.165, 1.54) is 18.3 Å². The molecule has 1 aliphatic heterocycles. The van der Waals surface area contributed by atoms with Crippen LogP contribution >= 0.6 is 23.2 Å². The number of esters is 1. The van der Waals surface area contributed by atoms with Gasteiger partial charge in [-0.1, -0.05) is 71.2 Å². The molecule has 1 heterocycles. The van der Waals surface area contributed by atoms with Crippen molar-refractivity contribution in [2.24, 2.45) is 0 Å². The van der Waals surface area contributed by atoms with Crippen LogP contribution in [0.4, 0.5) is 4.39 Å². The molecule has 0 radical (unpaired) electrons. The summed E-state index contributed by atoms with van der Waals surface area (Å²) in [5.74, 6) is -0.332. The van der Waals surface area contributed by atoms with Crippen LogP contribution in [-0.2, 0) is 11.2 Å². The Morgan fingerprint density at radius 3 is 2.54 bits per heavy atom. The second-order valence-electron chi connectivity index (χ2n) is 10.2. The van der Waals surface area contributed by atoms with Gasteiger partial charge in [-0.3, -0.25) is 9.29 Å². The molecule has 202 valence electrons. The molecule has 0 spiro atoms. The number of methoxy groups -OCH3 is 1. The van der Waals surface area contributed by atoms with Gasteiger partial charge in [0.1, 0.15) is 0 Å². The van der Waals surface area contributed by atoms with E-state index in [0.29, 0.717) is 22.0 Å². The Labute approximate surface area is 239 Å². The zero-order valence-corrected chi connectivity index (χ0v) is 23.6. The summed E-state index contributed by atoms with van der Waals surface area (Å²) in [6.07, 6.45) is 6.50. The van der Waals surface area contributed by atoms with Crippen molar-refractivity contribution in [2.75, 3.05) is 33.4 Å². The molecule has 3 aromatic carbocycles. The van der Waals surface area contributed by atoms with Gasteiger partial charge in [-0.2, -0.15) is 0 Å². The van der Waals surface area contributed by atoms with E-state index in [-0.39, 0.29) is 12.6 Å². The molecule has 6 heteroatoms. The van der Waals surface area contributed by atoms with E-state index in [2.05, 4.69) is 35.2 Å². The van der Waals surface area contributed by atoms with E-state index in [1.54, 1.807) is 6.07 Å². The predicted molar refractivity (Wildman–Crippen MR) is 159 cm³/mol. The summed E-state index contributed by atoms with van der Waals surface area (Å²) in [5.41, 5.74) is 9.70. The quantitative estimate of drug-likeness (QED) is 0.270. The number of carbonyl (C=O) groups is 1. The number of carbonyl (C=O) groups excluding carboxylic acids is 1. The highest BCUT2D eigenvalue weighted by Gasteiger charge is 2.23. The third-order valence-electron chi connectivity index (χ3n) is 7.58. The monoisotopic (exact) mass is 563 g/mol. The number of benzene rings is 3. The van der Waals surface area contributed by atoms with Crippen LogP contribution in [0, 0.1) is 0 Å². The van der Waals surface area contributed by atoms with Gasteiger partial charge in [0, 0.05) is 29.7 Å². The molecule has 0 amide bonds. The maximum atomic E-state index is 12.6. The van der Waals surface area contributed by atoms with E-state index >= 15 is 0 Å². The van der Waals surface area contributed by atoms with Crippen LogP contribution in [-0.4, -0.2) is 44.3 Å². The van der Waals surface area contributed by atoms with Gasteiger partial charge < -0.3 is 4.74 Å².